The summed E-state index contributed by atoms with van der Waals surface area (Å²) in [6.45, 7) is 0. The third-order valence-electron chi connectivity index (χ3n) is 1.60. The maximum Gasteiger partial charge on any atom is 0.173 e. The van der Waals surface area contributed by atoms with Crippen molar-refractivity contribution >= 4 is 17.5 Å². The van der Waals surface area contributed by atoms with Crippen LogP contribution in [0.2, 0.25) is 0 Å². The SMILES string of the molecule is N#CSCC(=O)c1ccc(C#N)cc1. The maximum atomic E-state index is 11.3. The summed E-state index contributed by atoms with van der Waals surface area (Å²) in [5.41, 5.74) is 1.06. The molecular weight excluding hydrogens is 196 g/mol. The van der Waals surface area contributed by atoms with Crippen molar-refractivity contribution in [3.63, 3.8) is 0 Å². The number of carbonyl (C=O) groups is 1. The van der Waals surface area contributed by atoms with E-state index in [0.29, 0.717) is 11.1 Å². The fourth-order valence-electron chi connectivity index (χ4n) is 0.912. The predicted octanol–water partition coefficient (Wildman–Crippen LogP) is 1.96. The molecular formula is C10H6N2OS. The van der Waals surface area contributed by atoms with E-state index in [4.69, 9.17) is 10.5 Å². The highest BCUT2D eigenvalue weighted by Gasteiger charge is 2.04. The third kappa shape index (κ3) is 2.62. The van der Waals surface area contributed by atoms with Crippen molar-refractivity contribution in [1.82, 2.24) is 0 Å². The van der Waals surface area contributed by atoms with Gasteiger partial charge in [-0.2, -0.15) is 10.5 Å². The van der Waals surface area contributed by atoms with Crippen molar-refractivity contribution in [2.24, 2.45) is 0 Å². The van der Waals surface area contributed by atoms with E-state index in [1.807, 2.05) is 11.5 Å². The molecule has 68 valence electrons. The Labute approximate surface area is 86.0 Å². The van der Waals surface area contributed by atoms with Gasteiger partial charge in [-0.3, -0.25) is 4.79 Å². The Morgan fingerprint density at radius 1 is 1.29 bits per heavy atom. The van der Waals surface area contributed by atoms with Gasteiger partial charge in [-0.1, -0.05) is 12.1 Å². The Kier molecular flexibility index (Phi) is 3.72. The first kappa shape index (κ1) is 10.3. The van der Waals surface area contributed by atoms with Gasteiger partial charge in [-0.15, -0.1) is 0 Å². The summed E-state index contributed by atoms with van der Waals surface area (Å²) in [6, 6.07) is 8.33. The van der Waals surface area contributed by atoms with Crippen LogP contribution >= 0.6 is 11.8 Å². The van der Waals surface area contributed by atoms with E-state index in [2.05, 4.69) is 0 Å². The van der Waals surface area contributed by atoms with Crippen molar-refractivity contribution in [3.05, 3.63) is 35.4 Å². The third-order valence-corrected chi connectivity index (χ3v) is 2.14. The minimum absolute atomic E-state index is 0.0963. The van der Waals surface area contributed by atoms with Gasteiger partial charge in [0.1, 0.15) is 5.40 Å². The molecule has 0 aromatic heterocycles. The molecule has 0 heterocycles. The average molecular weight is 202 g/mol. The summed E-state index contributed by atoms with van der Waals surface area (Å²) < 4.78 is 0. The van der Waals surface area contributed by atoms with Crippen LogP contribution in [0.1, 0.15) is 15.9 Å². The van der Waals surface area contributed by atoms with Gasteiger partial charge in [-0.25, -0.2) is 0 Å². The molecule has 0 spiro atoms. The van der Waals surface area contributed by atoms with Crippen LogP contribution in [-0.4, -0.2) is 11.5 Å². The molecule has 3 nitrogen and oxygen atoms in total. The van der Waals surface area contributed by atoms with Gasteiger partial charge < -0.3 is 0 Å². The minimum atomic E-state index is -0.0963. The van der Waals surface area contributed by atoms with Gasteiger partial charge in [0.25, 0.3) is 0 Å². The van der Waals surface area contributed by atoms with Gasteiger partial charge in [0.2, 0.25) is 0 Å². The Hall–Kier alpha value is -1.78. The fourth-order valence-corrected chi connectivity index (χ4v) is 1.27. The zero-order chi connectivity index (χ0) is 10.4. The molecule has 0 aliphatic heterocycles. The summed E-state index contributed by atoms with van der Waals surface area (Å²) >= 11 is 0.912. The summed E-state index contributed by atoms with van der Waals surface area (Å²) in [6.07, 6.45) is 0. The van der Waals surface area contributed by atoms with E-state index in [-0.39, 0.29) is 11.5 Å². The van der Waals surface area contributed by atoms with Crippen LogP contribution in [0.4, 0.5) is 0 Å². The summed E-state index contributed by atoms with van der Waals surface area (Å²) in [5.74, 6) is 0.0589. The lowest BCUT2D eigenvalue weighted by Crippen LogP contribution is -2.01. The highest BCUT2D eigenvalue weighted by molar-refractivity contribution is 8.04. The first-order valence-electron chi connectivity index (χ1n) is 3.82. The first-order chi connectivity index (χ1) is 6.77. The van der Waals surface area contributed by atoms with E-state index < -0.39 is 0 Å². The second kappa shape index (κ2) is 5.06. The van der Waals surface area contributed by atoms with Gasteiger partial charge in [-0.05, 0) is 23.9 Å². The largest absolute Gasteiger partial charge is 0.293 e. The fraction of sp³-hybridized carbons (Fsp3) is 0.100. The molecule has 0 saturated heterocycles. The summed E-state index contributed by atoms with van der Waals surface area (Å²) in [5, 5.41) is 18.6. The lowest BCUT2D eigenvalue weighted by molar-refractivity contribution is 0.102. The standard InChI is InChI=1S/C10H6N2OS/c11-5-8-1-3-9(4-2-8)10(13)6-14-7-12/h1-4H,6H2. The van der Waals surface area contributed by atoms with Crippen LogP contribution in [0.25, 0.3) is 0 Å². The van der Waals surface area contributed by atoms with Gasteiger partial charge >= 0.3 is 0 Å². The molecule has 4 heteroatoms. The van der Waals surface area contributed by atoms with Crippen molar-refractivity contribution < 1.29 is 4.79 Å². The Bertz CT molecular complexity index is 411. The number of hydrogen-bond donors (Lipinski definition) is 0. The quantitative estimate of drug-likeness (QED) is 0.555. The van der Waals surface area contributed by atoms with Crippen molar-refractivity contribution in [3.8, 4) is 11.5 Å². The zero-order valence-electron chi connectivity index (χ0n) is 7.23. The Balaban J connectivity index is 2.74. The van der Waals surface area contributed by atoms with Crippen LogP contribution in [0.15, 0.2) is 24.3 Å². The molecule has 0 aliphatic rings. The molecule has 0 atom stereocenters. The monoisotopic (exact) mass is 202 g/mol. The van der Waals surface area contributed by atoms with Gasteiger partial charge in [0.15, 0.2) is 5.78 Å². The van der Waals surface area contributed by atoms with Crippen LogP contribution in [0.5, 0.6) is 0 Å². The molecule has 1 rings (SSSR count). The molecule has 1 aromatic carbocycles. The predicted molar refractivity (Wildman–Crippen MR) is 53.6 cm³/mol. The zero-order valence-corrected chi connectivity index (χ0v) is 8.04. The van der Waals surface area contributed by atoms with Crippen LogP contribution in [-0.2, 0) is 0 Å². The van der Waals surface area contributed by atoms with Crippen molar-refractivity contribution in [2.45, 2.75) is 0 Å². The lowest BCUT2D eigenvalue weighted by atomic mass is 10.1. The highest BCUT2D eigenvalue weighted by atomic mass is 32.2. The molecule has 0 saturated carbocycles. The minimum Gasteiger partial charge on any atom is -0.293 e. The smallest absolute Gasteiger partial charge is 0.173 e. The molecule has 0 N–H and O–H groups in total. The number of thiocyanates is 1. The van der Waals surface area contributed by atoms with E-state index >= 15 is 0 Å². The summed E-state index contributed by atoms with van der Waals surface area (Å²) in [7, 11) is 0. The van der Waals surface area contributed by atoms with Crippen LogP contribution in [0.3, 0.4) is 0 Å². The number of thioether (sulfide) groups is 1. The normalized spacial score (nSPS) is 8.71. The second-order valence-corrected chi connectivity index (χ2v) is 3.25. The highest BCUT2D eigenvalue weighted by Crippen LogP contribution is 2.07. The molecule has 0 bridgehead atoms. The number of nitrogens with zero attached hydrogens (tertiary/aromatic N) is 2. The van der Waals surface area contributed by atoms with Crippen molar-refractivity contribution in [1.29, 1.82) is 10.5 Å². The molecule has 0 radical (unpaired) electrons. The number of Topliss-reactive ketones (excluding diaryl/α,β-unsaturated/α-hetero) is 1. The molecule has 0 unspecified atom stereocenters. The first-order valence-corrected chi connectivity index (χ1v) is 4.80. The van der Waals surface area contributed by atoms with Crippen molar-refractivity contribution in [2.75, 3.05) is 5.75 Å². The number of rotatable bonds is 3. The second-order valence-electron chi connectivity index (χ2n) is 2.49. The number of carbonyl (C=O) groups excluding carboxylic acids is 1. The van der Waals surface area contributed by atoms with E-state index in [1.165, 1.54) is 0 Å². The van der Waals surface area contributed by atoms with E-state index in [0.717, 1.165) is 11.8 Å². The number of hydrogen-bond acceptors (Lipinski definition) is 4. The van der Waals surface area contributed by atoms with Gasteiger partial charge in [0.05, 0.1) is 17.4 Å². The van der Waals surface area contributed by atoms with E-state index in [9.17, 15) is 4.79 Å². The van der Waals surface area contributed by atoms with Crippen LogP contribution < -0.4 is 0 Å². The lowest BCUT2D eigenvalue weighted by Gasteiger charge is -1.96. The van der Waals surface area contributed by atoms with E-state index in [1.54, 1.807) is 24.3 Å². The number of ketones is 1. The Morgan fingerprint density at radius 2 is 1.93 bits per heavy atom. The number of benzene rings is 1. The topological polar surface area (TPSA) is 64.7 Å². The molecule has 0 aliphatic carbocycles. The summed E-state index contributed by atoms with van der Waals surface area (Å²) in [4.78, 5) is 11.3. The van der Waals surface area contributed by atoms with Gasteiger partial charge in [0, 0.05) is 5.56 Å². The molecule has 14 heavy (non-hydrogen) atoms. The Morgan fingerprint density at radius 3 is 2.43 bits per heavy atom. The molecule has 0 fully saturated rings. The maximum absolute atomic E-state index is 11.3. The average Bonchev–Trinajstić information content (AvgIpc) is 2.26. The molecule has 1 aromatic rings. The van der Waals surface area contributed by atoms with Crippen LogP contribution in [0, 0.1) is 22.0 Å². The molecule has 0 amide bonds. The number of nitriles is 2.